The maximum Gasteiger partial charge on any atom is 0.271 e. The molecule has 0 N–H and O–H groups in total. The van der Waals surface area contributed by atoms with Crippen LogP contribution in [-0.2, 0) is 4.79 Å². The summed E-state index contributed by atoms with van der Waals surface area (Å²) in [6.07, 6.45) is 1.76. The van der Waals surface area contributed by atoms with Crippen LogP contribution in [0.5, 0.6) is 11.5 Å². The quantitative estimate of drug-likeness (QED) is 0.483. The monoisotopic (exact) mass is 434 g/mol. The minimum Gasteiger partial charge on any atom is -0.454 e. The smallest absolute Gasteiger partial charge is 0.271 e. The van der Waals surface area contributed by atoms with Crippen LogP contribution in [0.2, 0.25) is 5.02 Å². The highest BCUT2D eigenvalue weighted by atomic mass is 35.5. The number of rotatable bonds is 3. The van der Waals surface area contributed by atoms with E-state index in [2.05, 4.69) is 0 Å². The van der Waals surface area contributed by atoms with Gasteiger partial charge in [-0.15, -0.1) is 0 Å². The van der Waals surface area contributed by atoms with Crippen LogP contribution in [-0.4, -0.2) is 17.9 Å². The van der Waals surface area contributed by atoms with Crippen LogP contribution < -0.4 is 14.4 Å². The molecule has 0 atom stereocenters. The Morgan fingerprint density at radius 3 is 2.37 bits per heavy atom. The highest BCUT2D eigenvalue weighted by molar-refractivity contribution is 8.19. The number of nitrogens with zero attached hydrogens (tertiary/aromatic N) is 2. The number of hydrogen-bond acceptors (Lipinski definition) is 5. The molecular formula is C23H15ClN2O3S. The SMILES string of the molecule is O=C1C(=Cc2cc3c(cc2Cl)OCO3)SC(=Nc2ccccc2)N1c1ccccc1. The number of amidine groups is 1. The van der Waals surface area contributed by atoms with E-state index in [0.717, 1.165) is 11.4 Å². The number of fused-ring (bicyclic) bond motifs is 1. The average molecular weight is 435 g/mol. The van der Waals surface area contributed by atoms with Crippen molar-refractivity contribution in [3.05, 3.63) is 88.3 Å². The lowest BCUT2D eigenvalue weighted by Gasteiger charge is -2.15. The molecule has 0 saturated carbocycles. The Morgan fingerprint density at radius 2 is 1.63 bits per heavy atom. The maximum atomic E-state index is 13.3. The number of ether oxygens (including phenoxy) is 2. The summed E-state index contributed by atoms with van der Waals surface area (Å²) in [7, 11) is 0. The normalized spacial score (nSPS) is 17.9. The molecule has 1 amide bonds. The van der Waals surface area contributed by atoms with Gasteiger partial charge in [-0.25, -0.2) is 4.99 Å². The molecular weight excluding hydrogens is 420 g/mol. The predicted molar refractivity (Wildman–Crippen MR) is 121 cm³/mol. The number of para-hydroxylation sites is 2. The minimum atomic E-state index is -0.158. The lowest BCUT2D eigenvalue weighted by atomic mass is 10.1. The number of halogens is 1. The van der Waals surface area contributed by atoms with Crippen LogP contribution in [0.4, 0.5) is 11.4 Å². The topological polar surface area (TPSA) is 51.1 Å². The molecule has 5 nitrogen and oxygen atoms in total. The van der Waals surface area contributed by atoms with Crippen molar-refractivity contribution in [3.63, 3.8) is 0 Å². The third-order valence-corrected chi connectivity index (χ3v) is 5.88. The summed E-state index contributed by atoms with van der Waals surface area (Å²) in [5.74, 6) is 1.05. The van der Waals surface area contributed by atoms with Crippen molar-refractivity contribution >= 4 is 51.9 Å². The van der Waals surface area contributed by atoms with Crippen LogP contribution >= 0.6 is 23.4 Å². The zero-order valence-corrected chi connectivity index (χ0v) is 17.2. The van der Waals surface area contributed by atoms with Crippen molar-refractivity contribution in [2.45, 2.75) is 0 Å². The molecule has 0 unspecified atom stereocenters. The Bertz CT molecular complexity index is 1180. The third-order valence-electron chi connectivity index (χ3n) is 4.58. The summed E-state index contributed by atoms with van der Waals surface area (Å²) >= 11 is 7.72. The number of carbonyl (C=O) groups excluding carboxylic acids is 1. The molecule has 7 heteroatoms. The van der Waals surface area contributed by atoms with Gasteiger partial charge in [0.15, 0.2) is 16.7 Å². The van der Waals surface area contributed by atoms with Crippen molar-refractivity contribution in [2.75, 3.05) is 11.7 Å². The first-order valence-corrected chi connectivity index (χ1v) is 10.4. The lowest BCUT2D eigenvalue weighted by molar-refractivity contribution is -0.113. The number of aliphatic imine (C=N–C) groups is 1. The van der Waals surface area contributed by atoms with E-state index in [9.17, 15) is 4.79 Å². The Hall–Kier alpha value is -3.22. The molecule has 0 aromatic heterocycles. The van der Waals surface area contributed by atoms with Gasteiger partial charge in [0.05, 0.1) is 21.3 Å². The fourth-order valence-electron chi connectivity index (χ4n) is 3.15. The summed E-state index contributed by atoms with van der Waals surface area (Å²) in [5, 5.41) is 1.07. The highest BCUT2D eigenvalue weighted by Gasteiger charge is 2.35. The Labute approximate surface area is 182 Å². The Kier molecular flexibility index (Phi) is 4.94. The molecule has 2 aliphatic rings. The average Bonchev–Trinajstić information content (AvgIpc) is 3.33. The van der Waals surface area contributed by atoms with E-state index in [1.807, 2.05) is 60.7 Å². The van der Waals surface area contributed by atoms with Crippen molar-refractivity contribution in [3.8, 4) is 11.5 Å². The third kappa shape index (κ3) is 3.56. The number of thioether (sulfide) groups is 1. The Morgan fingerprint density at radius 1 is 0.967 bits per heavy atom. The van der Waals surface area contributed by atoms with E-state index < -0.39 is 0 Å². The number of anilines is 1. The molecule has 5 rings (SSSR count). The molecule has 1 fully saturated rings. The van der Waals surface area contributed by atoms with Crippen molar-refractivity contribution in [1.82, 2.24) is 0 Å². The summed E-state index contributed by atoms with van der Waals surface area (Å²) in [5.41, 5.74) is 2.21. The van der Waals surface area contributed by atoms with Gasteiger partial charge in [-0.05, 0) is 53.7 Å². The molecule has 3 aromatic rings. The van der Waals surface area contributed by atoms with Gasteiger partial charge in [0.1, 0.15) is 0 Å². The van der Waals surface area contributed by atoms with Crippen molar-refractivity contribution in [1.29, 1.82) is 0 Å². The number of benzene rings is 3. The fraction of sp³-hybridized carbons (Fsp3) is 0.0435. The zero-order chi connectivity index (χ0) is 20.5. The molecule has 0 bridgehead atoms. The van der Waals surface area contributed by atoms with E-state index in [0.29, 0.717) is 32.2 Å². The highest BCUT2D eigenvalue weighted by Crippen LogP contribution is 2.41. The molecule has 0 spiro atoms. The summed E-state index contributed by atoms with van der Waals surface area (Å²) in [6, 6.07) is 22.5. The van der Waals surface area contributed by atoms with Gasteiger partial charge >= 0.3 is 0 Å². The molecule has 0 aliphatic carbocycles. The van der Waals surface area contributed by atoms with Crippen molar-refractivity contribution < 1.29 is 14.3 Å². The van der Waals surface area contributed by atoms with Crippen LogP contribution in [0.1, 0.15) is 5.56 Å². The van der Waals surface area contributed by atoms with E-state index in [1.165, 1.54) is 11.8 Å². The van der Waals surface area contributed by atoms with E-state index in [4.69, 9.17) is 26.1 Å². The van der Waals surface area contributed by atoms with Crippen LogP contribution in [0, 0.1) is 0 Å². The number of hydrogen-bond donors (Lipinski definition) is 0. The predicted octanol–water partition coefficient (Wildman–Crippen LogP) is 5.88. The van der Waals surface area contributed by atoms with Gasteiger partial charge in [-0.1, -0.05) is 48.0 Å². The summed E-state index contributed by atoms with van der Waals surface area (Å²) in [6.45, 7) is 0.162. The van der Waals surface area contributed by atoms with Gasteiger partial charge in [-0.3, -0.25) is 9.69 Å². The van der Waals surface area contributed by atoms with Gasteiger partial charge in [-0.2, -0.15) is 0 Å². The molecule has 2 heterocycles. The minimum absolute atomic E-state index is 0.158. The molecule has 1 saturated heterocycles. The first-order chi connectivity index (χ1) is 14.7. The van der Waals surface area contributed by atoms with Gasteiger partial charge < -0.3 is 9.47 Å². The summed E-state index contributed by atoms with van der Waals surface area (Å²) in [4.78, 5) is 20.2. The first kappa shape index (κ1) is 18.8. The van der Waals surface area contributed by atoms with Crippen LogP contribution in [0.25, 0.3) is 6.08 Å². The molecule has 30 heavy (non-hydrogen) atoms. The second kappa shape index (κ2) is 7.89. The van der Waals surface area contributed by atoms with E-state index >= 15 is 0 Å². The standard InChI is InChI=1S/C23H15ClN2O3S/c24-18-13-20-19(28-14-29-20)11-15(18)12-21-22(27)26(17-9-5-2-6-10-17)23(30-21)25-16-7-3-1-4-8-16/h1-13H,14H2. The zero-order valence-electron chi connectivity index (χ0n) is 15.6. The van der Waals surface area contributed by atoms with Gasteiger partial charge in [0.2, 0.25) is 6.79 Å². The largest absolute Gasteiger partial charge is 0.454 e. The second-order valence-electron chi connectivity index (χ2n) is 6.54. The number of amides is 1. The van der Waals surface area contributed by atoms with Gasteiger partial charge in [0.25, 0.3) is 5.91 Å². The summed E-state index contributed by atoms with van der Waals surface area (Å²) < 4.78 is 10.8. The van der Waals surface area contributed by atoms with Crippen LogP contribution in [0.15, 0.2) is 82.7 Å². The Balaban J connectivity index is 1.57. The number of carbonyl (C=O) groups is 1. The molecule has 2 aliphatic heterocycles. The van der Waals surface area contributed by atoms with E-state index in [-0.39, 0.29) is 12.7 Å². The van der Waals surface area contributed by atoms with Crippen LogP contribution in [0.3, 0.4) is 0 Å². The molecule has 0 radical (unpaired) electrons. The fourth-order valence-corrected chi connectivity index (χ4v) is 4.35. The molecule has 148 valence electrons. The lowest BCUT2D eigenvalue weighted by Crippen LogP contribution is -2.28. The van der Waals surface area contributed by atoms with E-state index in [1.54, 1.807) is 23.1 Å². The van der Waals surface area contributed by atoms with Crippen molar-refractivity contribution in [2.24, 2.45) is 4.99 Å². The molecule has 3 aromatic carbocycles. The second-order valence-corrected chi connectivity index (χ2v) is 7.96. The van der Waals surface area contributed by atoms with Gasteiger partial charge in [0, 0.05) is 6.07 Å². The maximum absolute atomic E-state index is 13.3. The first-order valence-electron chi connectivity index (χ1n) is 9.21.